The van der Waals surface area contributed by atoms with Gasteiger partial charge in [-0.2, -0.15) is 0 Å². The maximum Gasteiger partial charge on any atom is 0.0401 e. The quantitative estimate of drug-likeness (QED) is 0.852. The summed E-state index contributed by atoms with van der Waals surface area (Å²) in [6, 6.07) is 6.99. The molecule has 1 aromatic carbocycles. The fourth-order valence-corrected chi connectivity index (χ4v) is 2.68. The second-order valence-electron chi connectivity index (χ2n) is 5.28. The molecule has 2 nitrogen and oxygen atoms in total. The highest BCUT2D eigenvalue weighted by molar-refractivity contribution is 5.55. The van der Waals surface area contributed by atoms with Crippen molar-refractivity contribution >= 4 is 5.69 Å². The number of benzene rings is 1. The van der Waals surface area contributed by atoms with E-state index in [0.717, 1.165) is 0 Å². The molecule has 18 heavy (non-hydrogen) atoms. The normalized spacial score (nSPS) is 15.3. The van der Waals surface area contributed by atoms with Crippen molar-refractivity contribution in [2.45, 2.75) is 52.4 Å². The Morgan fingerprint density at radius 3 is 2.50 bits per heavy atom. The smallest absolute Gasteiger partial charge is 0.0401 e. The van der Waals surface area contributed by atoms with Gasteiger partial charge in [-0.1, -0.05) is 25.5 Å². The van der Waals surface area contributed by atoms with Gasteiger partial charge < -0.3 is 11.1 Å². The van der Waals surface area contributed by atoms with Crippen LogP contribution >= 0.6 is 0 Å². The van der Waals surface area contributed by atoms with Gasteiger partial charge in [-0.05, 0) is 56.2 Å². The molecule has 1 heterocycles. The summed E-state index contributed by atoms with van der Waals surface area (Å²) < 4.78 is 0. The number of rotatable bonds is 4. The predicted octanol–water partition coefficient (Wildman–Crippen LogP) is 4.49. The molecule has 102 valence electrons. The summed E-state index contributed by atoms with van der Waals surface area (Å²) >= 11 is 0. The highest BCUT2D eigenvalue weighted by atomic mass is 15.1. The molecule has 2 heteroatoms. The molecule has 1 aliphatic rings. The number of piperidine rings is 1. The van der Waals surface area contributed by atoms with Crippen LogP contribution in [0.25, 0.3) is 0 Å². The lowest BCUT2D eigenvalue weighted by Gasteiger charge is -2.31. The third-order valence-electron chi connectivity index (χ3n) is 3.74. The predicted molar refractivity (Wildman–Crippen MR) is 80.9 cm³/mol. The summed E-state index contributed by atoms with van der Waals surface area (Å²) in [6.45, 7) is 6.98. The van der Waals surface area contributed by atoms with Crippen molar-refractivity contribution < 1.29 is 0 Å². The Labute approximate surface area is 112 Å². The zero-order valence-corrected chi connectivity index (χ0v) is 12.0. The van der Waals surface area contributed by atoms with Crippen LogP contribution in [0.1, 0.15) is 50.2 Å². The second-order valence-corrected chi connectivity index (χ2v) is 5.28. The molecule has 0 amide bonds. The molecule has 0 aliphatic carbocycles. The Balaban J connectivity index is 0.00000162. The van der Waals surface area contributed by atoms with Crippen molar-refractivity contribution in [1.82, 2.24) is 6.15 Å². The average Bonchev–Trinajstić information content (AvgIpc) is 2.38. The number of unbranched alkanes of at least 4 members (excludes halogenated alkanes) is 1. The lowest BCUT2D eigenvalue weighted by molar-refractivity contribution is 0.575. The lowest BCUT2D eigenvalue weighted by atomic mass is 10.0. The van der Waals surface area contributed by atoms with E-state index in [1.807, 2.05) is 0 Å². The van der Waals surface area contributed by atoms with E-state index in [1.165, 1.54) is 62.9 Å². The number of nitrogens with zero attached hydrogens (tertiary/aromatic N) is 1. The Hall–Kier alpha value is -1.02. The average molecular weight is 248 g/mol. The van der Waals surface area contributed by atoms with Gasteiger partial charge in [-0.15, -0.1) is 0 Å². The van der Waals surface area contributed by atoms with Gasteiger partial charge in [0.1, 0.15) is 0 Å². The van der Waals surface area contributed by atoms with Crippen molar-refractivity contribution in [3.05, 3.63) is 29.3 Å². The first-order chi connectivity index (χ1) is 8.31. The lowest BCUT2D eigenvalue weighted by Crippen LogP contribution is -2.30. The van der Waals surface area contributed by atoms with Crippen molar-refractivity contribution in [1.29, 1.82) is 0 Å². The highest BCUT2D eigenvalue weighted by Crippen LogP contribution is 2.26. The number of aryl methyl sites for hydroxylation is 2. The summed E-state index contributed by atoms with van der Waals surface area (Å²) in [5.74, 6) is 0. The Morgan fingerprint density at radius 2 is 1.83 bits per heavy atom. The molecule has 0 spiro atoms. The molecule has 1 saturated heterocycles. The van der Waals surface area contributed by atoms with Crippen LogP contribution in [-0.2, 0) is 6.42 Å². The topological polar surface area (TPSA) is 38.2 Å². The number of anilines is 1. The van der Waals surface area contributed by atoms with E-state index in [1.54, 1.807) is 5.56 Å². The van der Waals surface area contributed by atoms with E-state index in [9.17, 15) is 0 Å². The maximum atomic E-state index is 2.60. The molecule has 3 N–H and O–H groups in total. The molecule has 0 radical (unpaired) electrons. The molecule has 0 saturated carbocycles. The summed E-state index contributed by atoms with van der Waals surface area (Å²) in [7, 11) is 0. The van der Waals surface area contributed by atoms with Crippen LogP contribution < -0.4 is 11.1 Å². The number of hydrogen-bond acceptors (Lipinski definition) is 2. The van der Waals surface area contributed by atoms with Gasteiger partial charge in [-0.3, -0.25) is 0 Å². The number of hydrogen-bond donors (Lipinski definition) is 1. The van der Waals surface area contributed by atoms with Gasteiger partial charge in [-0.25, -0.2) is 0 Å². The maximum absolute atomic E-state index is 2.60. The van der Waals surface area contributed by atoms with E-state index in [-0.39, 0.29) is 6.15 Å². The standard InChI is InChI=1S/C16H25N.H3N/c1-3-4-8-15-10-9-14(2)13-16(15)17-11-6-5-7-12-17;/h9-10,13H,3-8,11-12H2,1-2H3;1H3. The van der Waals surface area contributed by atoms with Gasteiger partial charge in [0, 0.05) is 18.8 Å². The van der Waals surface area contributed by atoms with E-state index in [2.05, 4.69) is 36.9 Å². The summed E-state index contributed by atoms with van der Waals surface area (Å²) in [5, 5.41) is 0. The van der Waals surface area contributed by atoms with Crippen LogP contribution in [-0.4, -0.2) is 13.1 Å². The van der Waals surface area contributed by atoms with Crippen molar-refractivity contribution in [2.75, 3.05) is 18.0 Å². The largest absolute Gasteiger partial charge is 0.371 e. The molecular formula is C16H28N2. The second kappa shape index (κ2) is 7.42. The van der Waals surface area contributed by atoms with Crippen LogP contribution in [0.3, 0.4) is 0 Å². The monoisotopic (exact) mass is 248 g/mol. The fraction of sp³-hybridized carbons (Fsp3) is 0.625. The molecule has 2 rings (SSSR count). The van der Waals surface area contributed by atoms with Gasteiger partial charge >= 0.3 is 0 Å². The van der Waals surface area contributed by atoms with Crippen LogP contribution in [0.5, 0.6) is 0 Å². The molecule has 0 aromatic heterocycles. The fourth-order valence-electron chi connectivity index (χ4n) is 2.68. The molecule has 1 aromatic rings. The Kier molecular flexibility index (Phi) is 6.20. The minimum atomic E-state index is 0. The van der Waals surface area contributed by atoms with E-state index in [0.29, 0.717) is 0 Å². The molecular weight excluding hydrogens is 220 g/mol. The molecule has 0 atom stereocenters. The Morgan fingerprint density at radius 1 is 1.11 bits per heavy atom. The first kappa shape index (κ1) is 15.0. The zero-order chi connectivity index (χ0) is 12.1. The van der Waals surface area contributed by atoms with Crippen molar-refractivity contribution in [3.63, 3.8) is 0 Å². The first-order valence-electron chi connectivity index (χ1n) is 7.15. The van der Waals surface area contributed by atoms with Crippen LogP contribution in [0.4, 0.5) is 5.69 Å². The van der Waals surface area contributed by atoms with Crippen molar-refractivity contribution in [3.8, 4) is 0 Å². The highest BCUT2D eigenvalue weighted by Gasteiger charge is 2.14. The van der Waals surface area contributed by atoms with Gasteiger partial charge in [0.05, 0.1) is 0 Å². The van der Waals surface area contributed by atoms with Crippen LogP contribution in [0, 0.1) is 6.92 Å². The SMILES string of the molecule is CCCCc1ccc(C)cc1N1CCCCC1.N. The summed E-state index contributed by atoms with van der Waals surface area (Å²) in [5.41, 5.74) is 4.46. The first-order valence-corrected chi connectivity index (χ1v) is 7.15. The minimum Gasteiger partial charge on any atom is -0.371 e. The van der Waals surface area contributed by atoms with Gasteiger partial charge in [0.2, 0.25) is 0 Å². The van der Waals surface area contributed by atoms with Crippen LogP contribution in [0.2, 0.25) is 0 Å². The van der Waals surface area contributed by atoms with E-state index in [4.69, 9.17) is 0 Å². The molecule has 0 unspecified atom stereocenters. The van der Waals surface area contributed by atoms with Crippen LogP contribution in [0.15, 0.2) is 18.2 Å². The van der Waals surface area contributed by atoms with E-state index >= 15 is 0 Å². The van der Waals surface area contributed by atoms with Crippen molar-refractivity contribution in [2.24, 2.45) is 0 Å². The molecule has 1 aliphatic heterocycles. The third-order valence-corrected chi connectivity index (χ3v) is 3.74. The molecule has 1 fully saturated rings. The summed E-state index contributed by atoms with van der Waals surface area (Å²) in [6.07, 6.45) is 7.97. The third kappa shape index (κ3) is 3.74. The zero-order valence-electron chi connectivity index (χ0n) is 12.0. The molecule has 0 bridgehead atoms. The van der Waals surface area contributed by atoms with E-state index < -0.39 is 0 Å². The van der Waals surface area contributed by atoms with Gasteiger partial charge in [0.15, 0.2) is 0 Å². The minimum absolute atomic E-state index is 0. The van der Waals surface area contributed by atoms with Gasteiger partial charge in [0.25, 0.3) is 0 Å². The Bertz CT molecular complexity index is 354. The summed E-state index contributed by atoms with van der Waals surface area (Å²) in [4.78, 5) is 2.60.